The van der Waals surface area contributed by atoms with Gasteiger partial charge in [-0.2, -0.15) is 0 Å². The van der Waals surface area contributed by atoms with Gasteiger partial charge in [-0.05, 0) is 94.5 Å². The van der Waals surface area contributed by atoms with E-state index in [1.54, 1.807) is 0 Å². The Morgan fingerprint density at radius 3 is 1.34 bits per heavy atom. The molecule has 0 unspecified atom stereocenters. The molecular weight excluding hydrogens is 350 g/mol. The summed E-state index contributed by atoms with van der Waals surface area (Å²) in [5.41, 5.74) is 13.8. The lowest BCUT2D eigenvalue weighted by Gasteiger charge is -2.22. The van der Waals surface area contributed by atoms with Crippen molar-refractivity contribution in [3.63, 3.8) is 0 Å². The Labute approximate surface area is 172 Å². The average Bonchev–Trinajstić information content (AvgIpc) is 2.78. The highest BCUT2D eigenvalue weighted by Gasteiger charge is 2.17. The Balaban J connectivity index is 1.31. The molecule has 1 nitrogen and oxygen atoms in total. The van der Waals surface area contributed by atoms with Crippen molar-refractivity contribution < 1.29 is 0 Å². The summed E-state index contributed by atoms with van der Waals surface area (Å²) in [6, 6.07) is 31.3. The van der Waals surface area contributed by atoms with Gasteiger partial charge < -0.3 is 5.32 Å². The van der Waals surface area contributed by atoms with Gasteiger partial charge in [0.25, 0.3) is 0 Å². The van der Waals surface area contributed by atoms with Crippen LogP contribution < -0.4 is 5.32 Å². The molecule has 4 aromatic rings. The molecule has 0 spiro atoms. The van der Waals surface area contributed by atoms with Crippen LogP contribution in [0.15, 0.2) is 84.9 Å². The summed E-state index contributed by atoms with van der Waals surface area (Å²) in [5, 5.41) is 3.65. The van der Waals surface area contributed by atoms with Gasteiger partial charge in [0, 0.05) is 11.4 Å². The maximum atomic E-state index is 3.65. The second-order valence-corrected chi connectivity index (χ2v) is 8.18. The van der Waals surface area contributed by atoms with Gasteiger partial charge in [0.15, 0.2) is 0 Å². The zero-order chi connectivity index (χ0) is 19.2. The maximum absolute atomic E-state index is 3.65. The van der Waals surface area contributed by atoms with Crippen molar-refractivity contribution in [2.75, 3.05) is 5.32 Å². The molecule has 0 amide bonds. The van der Waals surface area contributed by atoms with Gasteiger partial charge in [-0.1, -0.05) is 60.7 Å². The van der Waals surface area contributed by atoms with E-state index in [9.17, 15) is 0 Å². The Hall–Kier alpha value is -3.32. The molecule has 1 heteroatoms. The summed E-state index contributed by atoms with van der Waals surface area (Å²) in [7, 11) is 0. The third-order valence-electron chi connectivity index (χ3n) is 6.44. The van der Waals surface area contributed by atoms with E-state index >= 15 is 0 Å². The molecule has 0 saturated carbocycles. The lowest BCUT2D eigenvalue weighted by atomic mass is 9.85. The van der Waals surface area contributed by atoms with Crippen LogP contribution in [0.2, 0.25) is 0 Å². The summed E-state index contributed by atoms with van der Waals surface area (Å²) in [4.78, 5) is 0. The van der Waals surface area contributed by atoms with Crippen LogP contribution in [0.3, 0.4) is 0 Å². The normalized spacial score (nSPS) is 13.7. The van der Waals surface area contributed by atoms with Crippen LogP contribution in [-0.4, -0.2) is 0 Å². The fourth-order valence-corrected chi connectivity index (χ4v) is 4.99. The highest BCUT2D eigenvalue weighted by Crippen LogP contribution is 2.37. The van der Waals surface area contributed by atoms with Crippen LogP contribution >= 0.6 is 0 Å². The minimum atomic E-state index is 1.11. The largest absolute Gasteiger partial charge is 0.356 e. The van der Waals surface area contributed by atoms with E-state index < -0.39 is 0 Å². The highest BCUT2D eigenvalue weighted by atomic mass is 14.9. The predicted octanol–water partition coefficient (Wildman–Crippen LogP) is 6.96. The number of hydrogen-bond acceptors (Lipinski definition) is 1. The van der Waals surface area contributed by atoms with E-state index in [0.717, 1.165) is 25.7 Å². The number of fused-ring (bicyclic) bond motifs is 6. The Kier molecular flexibility index (Phi) is 3.80. The molecule has 0 atom stereocenters. The second-order valence-electron chi connectivity index (χ2n) is 8.18. The fraction of sp³-hybridized carbons (Fsp3) is 0.143. The lowest BCUT2D eigenvalue weighted by molar-refractivity contribution is 0.941. The number of anilines is 2. The zero-order valence-corrected chi connectivity index (χ0v) is 16.4. The Morgan fingerprint density at radius 2 is 0.828 bits per heavy atom. The van der Waals surface area contributed by atoms with Gasteiger partial charge in [0.05, 0.1) is 0 Å². The van der Waals surface area contributed by atoms with Crippen molar-refractivity contribution in [3.05, 3.63) is 107 Å². The summed E-state index contributed by atoms with van der Waals surface area (Å²) in [5.74, 6) is 0. The van der Waals surface area contributed by atoms with Crippen LogP contribution in [0.4, 0.5) is 11.4 Å². The Bertz CT molecular complexity index is 1140. The van der Waals surface area contributed by atoms with Gasteiger partial charge in [0.2, 0.25) is 0 Å². The first kappa shape index (κ1) is 16.6. The molecule has 4 aromatic carbocycles. The minimum absolute atomic E-state index is 1.11. The summed E-state index contributed by atoms with van der Waals surface area (Å²) < 4.78 is 0. The molecule has 0 aromatic heterocycles. The highest BCUT2D eigenvalue weighted by molar-refractivity contribution is 5.78. The number of benzene rings is 4. The number of nitrogens with one attached hydrogen (secondary N) is 1. The fourth-order valence-electron chi connectivity index (χ4n) is 4.99. The summed E-state index contributed by atoms with van der Waals surface area (Å²) in [6.45, 7) is 0. The SMILES string of the molecule is c1ccc2c(c1)CCc1cc(Nc3ccc4c(c3)CCc3ccccc3-4)ccc1-2. The Morgan fingerprint density at radius 1 is 0.414 bits per heavy atom. The molecule has 1 N–H and O–H groups in total. The second kappa shape index (κ2) is 6.63. The topological polar surface area (TPSA) is 12.0 Å². The summed E-state index contributed by atoms with van der Waals surface area (Å²) in [6.07, 6.45) is 4.49. The van der Waals surface area contributed by atoms with Crippen LogP contribution in [0.25, 0.3) is 22.3 Å². The molecular formula is C28H23N. The minimum Gasteiger partial charge on any atom is -0.356 e. The standard InChI is InChI=1S/C28H23N/c1-3-7-25-19(5-1)9-11-21-17-23(13-15-27(21)25)29-24-14-16-28-22(18-24)12-10-20-6-2-4-8-26(20)28/h1-8,13-18,29H,9-12H2. The first-order valence-corrected chi connectivity index (χ1v) is 10.5. The predicted molar refractivity (Wildman–Crippen MR) is 122 cm³/mol. The number of hydrogen-bond donors (Lipinski definition) is 1. The maximum Gasteiger partial charge on any atom is 0.0387 e. The van der Waals surface area contributed by atoms with Crippen molar-refractivity contribution in [1.82, 2.24) is 0 Å². The molecule has 6 rings (SSSR count). The molecule has 0 aliphatic heterocycles. The van der Waals surface area contributed by atoms with Crippen molar-refractivity contribution in [1.29, 1.82) is 0 Å². The molecule has 29 heavy (non-hydrogen) atoms. The number of aryl methyl sites for hydroxylation is 4. The average molecular weight is 373 g/mol. The van der Waals surface area contributed by atoms with Crippen LogP contribution in [0.5, 0.6) is 0 Å². The lowest BCUT2D eigenvalue weighted by Crippen LogP contribution is -2.05. The molecule has 2 aliphatic carbocycles. The van der Waals surface area contributed by atoms with Crippen molar-refractivity contribution in [2.24, 2.45) is 0 Å². The van der Waals surface area contributed by atoms with Gasteiger partial charge in [-0.25, -0.2) is 0 Å². The smallest absolute Gasteiger partial charge is 0.0387 e. The van der Waals surface area contributed by atoms with Crippen molar-refractivity contribution in [2.45, 2.75) is 25.7 Å². The van der Waals surface area contributed by atoms with Gasteiger partial charge in [-0.3, -0.25) is 0 Å². The van der Waals surface area contributed by atoms with E-state index in [1.165, 1.54) is 55.9 Å². The van der Waals surface area contributed by atoms with Crippen LogP contribution in [-0.2, 0) is 25.7 Å². The van der Waals surface area contributed by atoms with E-state index in [2.05, 4.69) is 90.2 Å². The molecule has 140 valence electrons. The molecule has 2 aliphatic rings. The third kappa shape index (κ3) is 2.86. The molecule has 0 bridgehead atoms. The molecule has 0 saturated heterocycles. The molecule has 0 fully saturated rings. The first-order chi connectivity index (χ1) is 14.3. The third-order valence-corrected chi connectivity index (χ3v) is 6.44. The van der Waals surface area contributed by atoms with Crippen molar-refractivity contribution >= 4 is 11.4 Å². The van der Waals surface area contributed by atoms with E-state index in [4.69, 9.17) is 0 Å². The molecule has 0 radical (unpaired) electrons. The van der Waals surface area contributed by atoms with E-state index in [0.29, 0.717) is 0 Å². The van der Waals surface area contributed by atoms with Crippen LogP contribution in [0.1, 0.15) is 22.3 Å². The van der Waals surface area contributed by atoms with E-state index in [-0.39, 0.29) is 0 Å². The van der Waals surface area contributed by atoms with Gasteiger partial charge in [0.1, 0.15) is 0 Å². The first-order valence-electron chi connectivity index (χ1n) is 10.5. The van der Waals surface area contributed by atoms with Gasteiger partial charge >= 0.3 is 0 Å². The summed E-state index contributed by atoms with van der Waals surface area (Å²) >= 11 is 0. The number of rotatable bonds is 2. The van der Waals surface area contributed by atoms with Gasteiger partial charge in [-0.15, -0.1) is 0 Å². The zero-order valence-electron chi connectivity index (χ0n) is 16.4. The quantitative estimate of drug-likeness (QED) is 0.400. The van der Waals surface area contributed by atoms with E-state index in [1.807, 2.05) is 0 Å². The monoisotopic (exact) mass is 373 g/mol. The van der Waals surface area contributed by atoms with Crippen LogP contribution in [0, 0.1) is 0 Å². The van der Waals surface area contributed by atoms with Crippen molar-refractivity contribution in [3.8, 4) is 22.3 Å². The molecule has 0 heterocycles.